The molecule has 0 spiro atoms. The van der Waals surface area contributed by atoms with E-state index in [1.54, 1.807) is 0 Å². The van der Waals surface area contributed by atoms with E-state index in [9.17, 15) is 4.79 Å². The Morgan fingerprint density at radius 3 is 2.55 bits per heavy atom. The molecule has 1 amide bonds. The summed E-state index contributed by atoms with van der Waals surface area (Å²) in [5, 5.41) is 4.03. The molecule has 112 valence electrons. The van der Waals surface area contributed by atoms with Crippen LogP contribution < -0.4 is 5.32 Å². The van der Waals surface area contributed by atoms with E-state index < -0.39 is 0 Å². The van der Waals surface area contributed by atoms with Crippen LogP contribution in [-0.2, 0) is 6.42 Å². The molecule has 3 aromatic rings. The van der Waals surface area contributed by atoms with Crippen molar-refractivity contribution in [2.75, 3.05) is 0 Å². The lowest BCUT2D eigenvalue weighted by Gasteiger charge is -2.11. The third-order valence-electron chi connectivity index (χ3n) is 3.84. The van der Waals surface area contributed by atoms with Gasteiger partial charge in [0.15, 0.2) is 0 Å². The number of hydrogen-bond donors (Lipinski definition) is 1. The summed E-state index contributed by atoms with van der Waals surface area (Å²) in [5.41, 5.74) is 2.73. The topological polar surface area (TPSA) is 42.2 Å². The SMILES string of the molecule is CCc1ccc(C(=O)N[C@H](C)c2cc3ccccc3o2)cc1. The van der Waals surface area contributed by atoms with Crippen molar-refractivity contribution in [3.8, 4) is 0 Å². The van der Waals surface area contributed by atoms with E-state index in [1.165, 1.54) is 5.56 Å². The van der Waals surface area contributed by atoms with Gasteiger partial charge in [-0.2, -0.15) is 0 Å². The molecule has 3 heteroatoms. The molecular weight excluding hydrogens is 274 g/mol. The number of furan rings is 1. The molecule has 0 radical (unpaired) electrons. The molecule has 0 aliphatic rings. The molecule has 2 aromatic carbocycles. The highest BCUT2D eigenvalue weighted by molar-refractivity contribution is 5.94. The van der Waals surface area contributed by atoms with E-state index in [4.69, 9.17) is 4.42 Å². The lowest BCUT2D eigenvalue weighted by atomic mass is 10.1. The maximum absolute atomic E-state index is 12.3. The summed E-state index contributed by atoms with van der Waals surface area (Å²) < 4.78 is 5.79. The van der Waals surface area contributed by atoms with Crippen molar-refractivity contribution in [3.05, 3.63) is 71.5 Å². The third-order valence-corrected chi connectivity index (χ3v) is 3.84. The Labute approximate surface area is 130 Å². The van der Waals surface area contributed by atoms with Gasteiger partial charge in [-0.25, -0.2) is 0 Å². The summed E-state index contributed by atoms with van der Waals surface area (Å²) >= 11 is 0. The van der Waals surface area contributed by atoms with Gasteiger partial charge in [-0.3, -0.25) is 4.79 Å². The Morgan fingerprint density at radius 1 is 1.14 bits per heavy atom. The van der Waals surface area contributed by atoms with E-state index in [2.05, 4.69) is 12.2 Å². The normalized spacial score (nSPS) is 12.3. The van der Waals surface area contributed by atoms with Gasteiger partial charge in [0.05, 0.1) is 6.04 Å². The molecule has 22 heavy (non-hydrogen) atoms. The number of hydrogen-bond acceptors (Lipinski definition) is 2. The molecule has 0 unspecified atom stereocenters. The van der Waals surface area contributed by atoms with Crippen LogP contribution in [0, 0.1) is 0 Å². The number of amides is 1. The van der Waals surface area contributed by atoms with Crippen LogP contribution in [0.3, 0.4) is 0 Å². The highest BCUT2D eigenvalue weighted by atomic mass is 16.3. The molecule has 3 nitrogen and oxygen atoms in total. The molecular formula is C19H19NO2. The quantitative estimate of drug-likeness (QED) is 0.770. The minimum Gasteiger partial charge on any atom is -0.459 e. The number of carbonyl (C=O) groups excluding carboxylic acids is 1. The molecule has 0 fully saturated rings. The van der Waals surface area contributed by atoms with Gasteiger partial charge in [-0.15, -0.1) is 0 Å². The molecule has 1 aromatic heterocycles. The summed E-state index contributed by atoms with van der Waals surface area (Å²) in [6.07, 6.45) is 0.970. The van der Waals surface area contributed by atoms with Crippen LogP contribution in [0.15, 0.2) is 59.0 Å². The van der Waals surface area contributed by atoms with Crippen LogP contribution in [0.2, 0.25) is 0 Å². The molecule has 0 saturated carbocycles. The summed E-state index contributed by atoms with van der Waals surface area (Å²) in [4.78, 5) is 12.3. The van der Waals surface area contributed by atoms with Crippen molar-refractivity contribution in [2.45, 2.75) is 26.3 Å². The second-order valence-corrected chi connectivity index (χ2v) is 5.43. The minimum atomic E-state index is -0.175. The van der Waals surface area contributed by atoms with Gasteiger partial charge >= 0.3 is 0 Å². The van der Waals surface area contributed by atoms with Crippen molar-refractivity contribution in [3.63, 3.8) is 0 Å². The first-order valence-corrected chi connectivity index (χ1v) is 7.55. The van der Waals surface area contributed by atoms with E-state index in [0.29, 0.717) is 5.56 Å². The van der Waals surface area contributed by atoms with Crippen molar-refractivity contribution < 1.29 is 9.21 Å². The molecule has 1 heterocycles. The van der Waals surface area contributed by atoms with E-state index >= 15 is 0 Å². The van der Waals surface area contributed by atoms with Crippen LogP contribution in [0.4, 0.5) is 0 Å². The maximum Gasteiger partial charge on any atom is 0.251 e. The maximum atomic E-state index is 12.3. The van der Waals surface area contributed by atoms with Crippen molar-refractivity contribution in [1.82, 2.24) is 5.32 Å². The number of carbonyl (C=O) groups is 1. The molecule has 3 rings (SSSR count). The van der Waals surface area contributed by atoms with Crippen LogP contribution >= 0.6 is 0 Å². The zero-order valence-electron chi connectivity index (χ0n) is 12.8. The molecule has 0 aliphatic carbocycles. The van der Waals surface area contributed by atoms with E-state index in [-0.39, 0.29) is 11.9 Å². The number of nitrogens with one attached hydrogen (secondary N) is 1. The monoisotopic (exact) mass is 293 g/mol. The van der Waals surface area contributed by atoms with Gasteiger partial charge in [0.1, 0.15) is 11.3 Å². The van der Waals surface area contributed by atoms with Crippen LogP contribution in [-0.4, -0.2) is 5.91 Å². The molecule has 1 N–H and O–H groups in total. The predicted octanol–water partition coefficient (Wildman–Crippen LogP) is 4.49. The van der Waals surface area contributed by atoms with Crippen molar-refractivity contribution >= 4 is 16.9 Å². The van der Waals surface area contributed by atoms with Gasteiger partial charge in [0.2, 0.25) is 0 Å². The zero-order valence-corrected chi connectivity index (χ0v) is 12.8. The highest BCUT2D eigenvalue weighted by Crippen LogP contribution is 2.23. The standard InChI is InChI=1S/C19H19NO2/c1-3-14-8-10-15(11-9-14)19(21)20-13(2)18-12-16-6-4-5-7-17(16)22-18/h4-13H,3H2,1-2H3,(H,20,21)/t13-/m1/s1. The largest absolute Gasteiger partial charge is 0.459 e. The van der Waals surface area contributed by atoms with Gasteiger partial charge < -0.3 is 9.73 Å². The Bertz CT molecular complexity index is 754. The summed E-state index contributed by atoms with van der Waals surface area (Å²) in [6, 6.07) is 17.3. The molecule has 0 saturated heterocycles. The van der Waals surface area contributed by atoms with Crippen molar-refractivity contribution in [2.24, 2.45) is 0 Å². The fourth-order valence-corrected chi connectivity index (χ4v) is 2.46. The molecule has 1 atom stereocenters. The van der Waals surface area contributed by atoms with Crippen LogP contribution in [0.5, 0.6) is 0 Å². The van der Waals surface area contributed by atoms with Gasteiger partial charge in [0.25, 0.3) is 5.91 Å². The highest BCUT2D eigenvalue weighted by Gasteiger charge is 2.15. The summed E-state index contributed by atoms with van der Waals surface area (Å²) in [7, 11) is 0. The first-order chi connectivity index (χ1) is 10.7. The van der Waals surface area contributed by atoms with Gasteiger partial charge in [0, 0.05) is 10.9 Å². The number of benzene rings is 2. The number of para-hydroxylation sites is 1. The lowest BCUT2D eigenvalue weighted by Crippen LogP contribution is -2.26. The number of rotatable bonds is 4. The number of aryl methyl sites for hydroxylation is 1. The lowest BCUT2D eigenvalue weighted by molar-refractivity contribution is 0.0935. The van der Waals surface area contributed by atoms with Gasteiger partial charge in [-0.1, -0.05) is 37.3 Å². The smallest absolute Gasteiger partial charge is 0.251 e. The minimum absolute atomic E-state index is 0.0874. The zero-order chi connectivity index (χ0) is 15.5. The average molecular weight is 293 g/mol. The van der Waals surface area contributed by atoms with Crippen molar-refractivity contribution in [1.29, 1.82) is 0 Å². The first kappa shape index (κ1) is 14.4. The van der Waals surface area contributed by atoms with E-state index in [0.717, 1.165) is 23.2 Å². The second kappa shape index (κ2) is 6.06. The van der Waals surface area contributed by atoms with Crippen LogP contribution in [0.25, 0.3) is 11.0 Å². The fourth-order valence-electron chi connectivity index (χ4n) is 2.46. The van der Waals surface area contributed by atoms with E-state index in [1.807, 2.05) is 61.5 Å². The fraction of sp³-hybridized carbons (Fsp3) is 0.211. The molecule has 0 aliphatic heterocycles. The number of fused-ring (bicyclic) bond motifs is 1. The second-order valence-electron chi connectivity index (χ2n) is 5.43. The van der Waals surface area contributed by atoms with Crippen LogP contribution in [0.1, 0.15) is 41.6 Å². The third kappa shape index (κ3) is 2.89. The first-order valence-electron chi connectivity index (χ1n) is 7.55. The molecule has 0 bridgehead atoms. The van der Waals surface area contributed by atoms with Gasteiger partial charge in [-0.05, 0) is 43.2 Å². The Morgan fingerprint density at radius 2 is 1.86 bits per heavy atom. The predicted molar refractivity (Wildman–Crippen MR) is 87.9 cm³/mol. The Balaban J connectivity index is 1.74. The Hall–Kier alpha value is -2.55. The Kier molecular flexibility index (Phi) is 3.96. The summed E-state index contributed by atoms with van der Waals surface area (Å²) in [6.45, 7) is 4.02. The summed E-state index contributed by atoms with van der Waals surface area (Å²) in [5.74, 6) is 0.676. The average Bonchev–Trinajstić information content (AvgIpc) is 2.99.